The van der Waals surface area contributed by atoms with Crippen molar-refractivity contribution in [3.63, 3.8) is 0 Å². The maximum atomic E-state index is 8.80. The van der Waals surface area contributed by atoms with Gasteiger partial charge < -0.3 is 15.4 Å². The molecule has 74 valence electrons. The van der Waals surface area contributed by atoms with Crippen LogP contribution >= 0.6 is 0 Å². The summed E-state index contributed by atoms with van der Waals surface area (Å²) in [6, 6.07) is -0.223. The predicted octanol–water partition coefficient (Wildman–Crippen LogP) is -0.124. The summed E-state index contributed by atoms with van der Waals surface area (Å²) < 4.78 is 4.81. The maximum absolute atomic E-state index is 8.80. The summed E-state index contributed by atoms with van der Waals surface area (Å²) in [6.07, 6.45) is 0.638. The first-order valence-corrected chi connectivity index (χ1v) is 4.29. The molecule has 0 aliphatic carbocycles. The molecule has 0 radical (unpaired) electrons. The number of hydrogen-bond donors (Lipinski definition) is 2. The van der Waals surface area contributed by atoms with Crippen molar-refractivity contribution in [2.24, 2.45) is 11.7 Å². The molecule has 2 unspecified atom stereocenters. The molecule has 1 rings (SSSR count). The molecule has 13 heavy (non-hydrogen) atoms. The van der Waals surface area contributed by atoms with Gasteiger partial charge in [0.05, 0.1) is 6.61 Å². The molecular formula is C8H15N3O2. The van der Waals surface area contributed by atoms with Gasteiger partial charge in [0.1, 0.15) is 0 Å². The topological polar surface area (TPSA) is 85.2 Å². The highest BCUT2D eigenvalue weighted by Crippen LogP contribution is 2.07. The Labute approximate surface area is 76.9 Å². The highest BCUT2D eigenvalue weighted by Gasteiger charge is 2.14. The summed E-state index contributed by atoms with van der Waals surface area (Å²) >= 11 is 0. The van der Waals surface area contributed by atoms with Crippen LogP contribution in [0.5, 0.6) is 0 Å². The van der Waals surface area contributed by atoms with Gasteiger partial charge in [0.25, 0.3) is 0 Å². The minimum Gasteiger partial charge on any atom is -0.395 e. The van der Waals surface area contributed by atoms with Gasteiger partial charge in [0.15, 0.2) is 5.82 Å². The molecule has 0 fully saturated rings. The van der Waals surface area contributed by atoms with Crippen molar-refractivity contribution in [2.45, 2.75) is 26.3 Å². The fourth-order valence-electron chi connectivity index (χ4n) is 1.04. The van der Waals surface area contributed by atoms with Crippen molar-refractivity contribution < 1.29 is 9.63 Å². The second kappa shape index (κ2) is 4.34. The molecule has 0 saturated heterocycles. The van der Waals surface area contributed by atoms with Crippen molar-refractivity contribution in [1.29, 1.82) is 0 Å². The highest BCUT2D eigenvalue weighted by molar-refractivity contribution is 4.87. The molecule has 2 atom stereocenters. The highest BCUT2D eigenvalue weighted by atomic mass is 16.5. The summed E-state index contributed by atoms with van der Waals surface area (Å²) in [7, 11) is 0. The van der Waals surface area contributed by atoms with Crippen LogP contribution in [-0.2, 0) is 6.42 Å². The lowest BCUT2D eigenvalue weighted by molar-refractivity contribution is 0.230. The third-order valence-electron chi connectivity index (χ3n) is 2.02. The number of aromatic nitrogens is 2. The average Bonchev–Trinajstić information content (AvgIpc) is 2.49. The van der Waals surface area contributed by atoms with Gasteiger partial charge in [-0.3, -0.25) is 0 Å². The molecule has 5 nitrogen and oxygen atoms in total. The van der Waals surface area contributed by atoms with Gasteiger partial charge in [0, 0.05) is 19.4 Å². The number of aryl methyl sites for hydroxylation is 1. The van der Waals surface area contributed by atoms with E-state index in [-0.39, 0.29) is 18.6 Å². The van der Waals surface area contributed by atoms with Crippen molar-refractivity contribution >= 4 is 0 Å². The molecule has 1 aromatic rings. The van der Waals surface area contributed by atoms with E-state index in [9.17, 15) is 0 Å². The molecule has 0 saturated carbocycles. The molecule has 0 bridgehead atoms. The summed E-state index contributed by atoms with van der Waals surface area (Å²) in [6.45, 7) is 3.68. The van der Waals surface area contributed by atoms with Gasteiger partial charge in [-0.2, -0.15) is 4.98 Å². The normalized spacial score (nSPS) is 15.7. The number of hydrogen-bond acceptors (Lipinski definition) is 5. The second-order valence-electron chi connectivity index (χ2n) is 3.26. The molecule has 0 amide bonds. The van der Waals surface area contributed by atoms with E-state index in [1.807, 2.05) is 6.92 Å². The van der Waals surface area contributed by atoms with Gasteiger partial charge in [-0.1, -0.05) is 12.1 Å². The first-order chi connectivity index (χ1) is 6.13. The Morgan fingerprint density at radius 3 is 2.77 bits per heavy atom. The zero-order chi connectivity index (χ0) is 9.84. The third kappa shape index (κ3) is 2.78. The monoisotopic (exact) mass is 185 g/mol. The molecule has 1 heterocycles. The van der Waals surface area contributed by atoms with Crippen LogP contribution in [0.25, 0.3) is 0 Å². The van der Waals surface area contributed by atoms with Gasteiger partial charge in [0.2, 0.25) is 5.89 Å². The number of aliphatic hydroxyl groups excluding tert-OH is 1. The van der Waals surface area contributed by atoms with Crippen molar-refractivity contribution in [1.82, 2.24) is 10.1 Å². The lowest BCUT2D eigenvalue weighted by atomic mass is 10.00. The van der Waals surface area contributed by atoms with Gasteiger partial charge in [-0.05, 0) is 5.92 Å². The number of aliphatic hydroxyl groups is 1. The van der Waals surface area contributed by atoms with Crippen LogP contribution in [0, 0.1) is 12.8 Å². The largest absolute Gasteiger partial charge is 0.395 e. The van der Waals surface area contributed by atoms with Gasteiger partial charge >= 0.3 is 0 Å². The molecule has 1 aromatic heterocycles. The van der Waals surface area contributed by atoms with Crippen LogP contribution in [0.3, 0.4) is 0 Å². The number of nitrogens with two attached hydrogens (primary N) is 1. The van der Waals surface area contributed by atoms with E-state index in [4.69, 9.17) is 15.4 Å². The van der Waals surface area contributed by atoms with E-state index in [2.05, 4.69) is 10.1 Å². The third-order valence-corrected chi connectivity index (χ3v) is 2.02. The molecule has 5 heteroatoms. The van der Waals surface area contributed by atoms with E-state index < -0.39 is 0 Å². The summed E-state index contributed by atoms with van der Waals surface area (Å²) in [4.78, 5) is 4.05. The van der Waals surface area contributed by atoms with Gasteiger partial charge in [-0.25, -0.2) is 0 Å². The SMILES string of the molecule is Cc1nc(CC(C)C(N)CO)no1. The smallest absolute Gasteiger partial charge is 0.223 e. The first-order valence-electron chi connectivity index (χ1n) is 4.29. The van der Waals surface area contributed by atoms with Gasteiger partial charge in [-0.15, -0.1) is 0 Å². The Balaban J connectivity index is 2.49. The summed E-state index contributed by atoms with van der Waals surface area (Å²) in [5.74, 6) is 1.36. The molecule has 0 spiro atoms. The molecular weight excluding hydrogens is 170 g/mol. The lowest BCUT2D eigenvalue weighted by Crippen LogP contribution is -2.33. The Morgan fingerprint density at radius 1 is 1.62 bits per heavy atom. The van der Waals surface area contributed by atoms with Crippen molar-refractivity contribution in [3.8, 4) is 0 Å². The van der Waals surface area contributed by atoms with Crippen LogP contribution in [0.4, 0.5) is 0 Å². The molecule has 3 N–H and O–H groups in total. The maximum Gasteiger partial charge on any atom is 0.223 e. The van der Waals surface area contributed by atoms with Crippen molar-refractivity contribution in [3.05, 3.63) is 11.7 Å². The van der Waals surface area contributed by atoms with E-state index in [0.717, 1.165) is 0 Å². The van der Waals surface area contributed by atoms with E-state index in [1.54, 1.807) is 6.92 Å². The fourth-order valence-corrected chi connectivity index (χ4v) is 1.04. The Hall–Kier alpha value is -0.940. The zero-order valence-corrected chi connectivity index (χ0v) is 7.90. The van der Waals surface area contributed by atoms with Crippen LogP contribution in [0.2, 0.25) is 0 Å². The second-order valence-corrected chi connectivity index (χ2v) is 3.26. The van der Waals surface area contributed by atoms with E-state index >= 15 is 0 Å². The standard InChI is InChI=1S/C8H15N3O2/c1-5(7(9)4-12)3-8-10-6(2)13-11-8/h5,7,12H,3-4,9H2,1-2H3. The van der Waals surface area contributed by atoms with Crippen LogP contribution < -0.4 is 5.73 Å². The van der Waals surface area contributed by atoms with Crippen molar-refractivity contribution in [2.75, 3.05) is 6.61 Å². The Morgan fingerprint density at radius 2 is 2.31 bits per heavy atom. The zero-order valence-electron chi connectivity index (χ0n) is 7.90. The van der Waals surface area contributed by atoms with Crippen LogP contribution in [0.15, 0.2) is 4.52 Å². The fraction of sp³-hybridized carbons (Fsp3) is 0.750. The number of rotatable bonds is 4. The minimum atomic E-state index is -0.223. The summed E-state index contributed by atoms with van der Waals surface area (Å²) in [5, 5.41) is 12.5. The minimum absolute atomic E-state index is 0.0159. The lowest BCUT2D eigenvalue weighted by Gasteiger charge is -2.14. The molecule has 0 aliphatic rings. The van der Waals surface area contributed by atoms with E-state index in [1.165, 1.54) is 0 Å². The average molecular weight is 185 g/mol. The molecule has 0 aliphatic heterocycles. The van der Waals surface area contributed by atoms with Crippen LogP contribution in [-0.4, -0.2) is 27.9 Å². The first kappa shape index (κ1) is 10.1. The van der Waals surface area contributed by atoms with Crippen LogP contribution in [0.1, 0.15) is 18.6 Å². The molecule has 0 aromatic carbocycles. The predicted molar refractivity (Wildman–Crippen MR) is 47.0 cm³/mol. The quantitative estimate of drug-likeness (QED) is 0.682. The summed E-state index contributed by atoms with van der Waals surface area (Å²) in [5.41, 5.74) is 5.63. The number of nitrogens with zero attached hydrogens (tertiary/aromatic N) is 2. The Bertz CT molecular complexity index is 262. The Kier molecular flexibility index (Phi) is 3.39. The van der Waals surface area contributed by atoms with E-state index in [0.29, 0.717) is 18.1 Å².